The summed E-state index contributed by atoms with van der Waals surface area (Å²) in [5.41, 5.74) is 2.57. The molecule has 0 aliphatic heterocycles. The number of allylic oxidation sites excluding steroid dienone is 1. The Labute approximate surface area is 105 Å². The van der Waals surface area contributed by atoms with Crippen molar-refractivity contribution in [2.24, 2.45) is 0 Å². The number of benzene rings is 1. The van der Waals surface area contributed by atoms with Crippen molar-refractivity contribution in [2.45, 2.75) is 33.4 Å². The maximum Gasteiger partial charge on any atom is 0.0717 e. The Morgan fingerprint density at radius 2 is 2.00 bits per heavy atom. The van der Waals surface area contributed by atoms with Crippen molar-refractivity contribution < 1.29 is 4.74 Å². The van der Waals surface area contributed by atoms with Crippen LogP contribution < -0.4 is 5.32 Å². The summed E-state index contributed by atoms with van der Waals surface area (Å²) in [7, 11) is 0. The van der Waals surface area contributed by atoms with Gasteiger partial charge in [0, 0.05) is 12.6 Å². The zero-order valence-corrected chi connectivity index (χ0v) is 11.1. The van der Waals surface area contributed by atoms with Gasteiger partial charge in [0.2, 0.25) is 0 Å². The van der Waals surface area contributed by atoms with Gasteiger partial charge in [0.05, 0.1) is 13.2 Å². The van der Waals surface area contributed by atoms with Gasteiger partial charge in [-0.2, -0.15) is 0 Å². The van der Waals surface area contributed by atoms with E-state index in [1.807, 2.05) is 18.2 Å². The third-order valence-electron chi connectivity index (χ3n) is 2.46. The van der Waals surface area contributed by atoms with E-state index < -0.39 is 0 Å². The fourth-order valence-corrected chi connectivity index (χ4v) is 1.45. The molecule has 1 atom stereocenters. The maximum absolute atomic E-state index is 5.66. The first-order valence-corrected chi connectivity index (χ1v) is 6.17. The van der Waals surface area contributed by atoms with E-state index in [-0.39, 0.29) is 0 Å². The van der Waals surface area contributed by atoms with Crippen molar-refractivity contribution in [2.75, 3.05) is 13.2 Å². The fraction of sp³-hybridized carbons (Fsp3) is 0.467. The second kappa shape index (κ2) is 8.04. The lowest BCUT2D eigenvalue weighted by atomic mass is 10.2. The average molecular weight is 233 g/mol. The molecule has 0 aliphatic carbocycles. The van der Waals surface area contributed by atoms with Crippen LogP contribution in [0, 0.1) is 0 Å². The molecule has 2 heteroatoms. The number of hydrogen-bond acceptors (Lipinski definition) is 2. The number of ether oxygens (including phenoxy) is 1. The first-order valence-electron chi connectivity index (χ1n) is 6.17. The molecule has 1 rings (SSSR count). The second-order valence-corrected chi connectivity index (χ2v) is 4.59. The predicted molar refractivity (Wildman–Crippen MR) is 73.0 cm³/mol. The molecule has 2 nitrogen and oxygen atoms in total. The predicted octanol–water partition coefficient (Wildman–Crippen LogP) is 3.15. The van der Waals surface area contributed by atoms with Crippen molar-refractivity contribution in [3.8, 4) is 0 Å². The van der Waals surface area contributed by atoms with Crippen LogP contribution in [0.2, 0.25) is 0 Å². The standard InChI is InChI=1S/C15H23NO/c1-13(2)9-10-16-14(3)11-17-12-15-7-5-4-6-8-15/h4-9,14,16H,10-12H2,1-3H3. The highest BCUT2D eigenvalue weighted by Gasteiger charge is 2.00. The molecular formula is C15H23NO. The molecule has 0 saturated carbocycles. The van der Waals surface area contributed by atoms with Gasteiger partial charge >= 0.3 is 0 Å². The molecule has 0 heterocycles. The lowest BCUT2D eigenvalue weighted by Gasteiger charge is -2.13. The van der Waals surface area contributed by atoms with Crippen LogP contribution in [-0.2, 0) is 11.3 Å². The van der Waals surface area contributed by atoms with E-state index in [1.54, 1.807) is 0 Å². The zero-order chi connectivity index (χ0) is 12.5. The fourth-order valence-electron chi connectivity index (χ4n) is 1.45. The van der Waals surface area contributed by atoms with Gasteiger partial charge in [0.15, 0.2) is 0 Å². The summed E-state index contributed by atoms with van der Waals surface area (Å²) in [5.74, 6) is 0. The van der Waals surface area contributed by atoms with Crippen LogP contribution in [-0.4, -0.2) is 19.2 Å². The van der Waals surface area contributed by atoms with E-state index in [4.69, 9.17) is 4.74 Å². The minimum atomic E-state index is 0.384. The molecule has 1 N–H and O–H groups in total. The molecule has 1 aromatic carbocycles. The topological polar surface area (TPSA) is 21.3 Å². The van der Waals surface area contributed by atoms with Gasteiger partial charge in [-0.3, -0.25) is 0 Å². The van der Waals surface area contributed by atoms with Crippen LogP contribution in [0.1, 0.15) is 26.3 Å². The molecule has 0 aliphatic rings. The van der Waals surface area contributed by atoms with Crippen molar-refractivity contribution in [1.82, 2.24) is 5.32 Å². The Morgan fingerprint density at radius 1 is 1.29 bits per heavy atom. The number of nitrogens with one attached hydrogen (secondary N) is 1. The van der Waals surface area contributed by atoms with E-state index in [2.05, 4.69) is 44.3 Å². The lowest BCUT2D eigenvalue weighted by Crippen LogP contribution is -2.30. The molecule has 0 spiro atoms. The summed E-state index contributed by atoms with van der Waals surface area (Å²) >= 11 is 0. The SMILES string of the molecule is CC(C)=CCNC(C)COCc1ccccc1. The monoisotopic (exact) mass is 233 g/mol. The molecular weight excluding hydrogens is 210 g/mol. The lowest BCUT2D eigenvalue weighted by molar-refractivity contribution is 0.104. The third kappa shape index (κ3) is 6.93. The molecule has 0 bridgehead atoms. The van der Waals surface area contributed by atoms with Gasteiger partial charge in [-0.25, -0.2) is 0 Å². The van der Waals surface area contributed by atoms with Gasteiger partial charge in [-0.15, -0.1) is 0 Å². The number of rotatable bonds is 7. The van der Waals surface area contributed by atoms with Gasteiger partial charge in [-0.05, 0) is 26.3 Å². The van der Waals surface area contributed by atoms with Gasteiger partial charge in [-0.1, -0.05) is 42.0 Å². The quantitative estimate of drug-likeness (QED) is 0.730. The van der Waals surface area contributed by atoms with Crippen LogP contribution in [0.15, 0.2) is 42.0 Å². The summed E-state index contributed by atoms with van der Waals surface area (Å²) in [4.78, 5) is 0. The van der Waals surface area contributed by atoms with E-state index >= 15 is 0 Å². The van der Waals surface area contributed by atoms with Crippen molar-refractivity contribution in [3.63, 3.8) is 0 Å². The largest absolute Gasteiger partial charge is 0.375 e. The highest BCUT2D eigenvalue weighted by atomic mass is 16.5. The average Bonchev–Trinajstić information content (AvgIpc) is 2.30. The van der Waals surface area contributed by atoms with Gasteiger partial charge < -0.3 is 10.1 Å². The molecule has 0 amide bonds. The smallest absolute Gasteiger partial charge is 0.0717 e. The Bertz CT molecular complexity index is 328. The summed E-state index contributed by atoms with van der Waals surface area (Å²) in [6.45, 7) is 8.71. The number of hydrogen-bond donors (Lipinski definition) is 1. The summed E-state index contributed by atoms with van der Waals surface area (Å²) in [5, 5.41) is 3.40. The van der Waals surface area contributed by atoms with Crippen LogP contribution in [0.4, 0.5) is 0 Å². The maximum atomic E-state index is 5.66. The first-order chi connectivity index (χ1) is 8.18. The van der Waals surface area contributed by atoms with Gasteiger partial charge in [0.25, 0.3) is 0 Å². The van der Waals surface area contributed by atoms with E-state index in [1.165, 1.54) is 11.1 Å². The first kappa shape index (κ1) is 13.9. The summed E-state index contributed by atoms with van der Waals surface area (Å²) < 4.78 is 5.66. The van der Waals surface area contributed by atoms with Crippen molar-refractivity contribution >= 4 is 0 Å². The molecule has 1 aromatic rings. The van der Waals surface area contributed by atoms with Crippen LogP contribution in [0.3, 0.4) is 0 Å². The van der Waals surface area contributed by atoms with Crippen LogP contribution in [0.5, 0.6) is 0 Å². The Kier molecular flexibility index (Phi) is 6.60. The second-order valence-electron chi connectivity index (χ2n) is 4.59. The highest BCUT2D eigenvalue weighted by molar-refractivity contribution is 5.13. The Morgan fingerprint density at radius 3 is 2.65 bits per heavy atom. The normalized spacial score (nSPS) is 12.2. The minimum absolute atomic E-state index is 0.384. The van der Waals surface area contributed by atoms with Crippen LogP contribution >= 0.6 is 0 Å². The molecule has 94 valence electrons. The summed E-state index contributed by atoms with van der Waals surface area (Å²) in [6, 6.07) is 10.6. The van der Waals surface area contributed by atoms with Crippen LogP contribution in [0.25, 0.3) is 0 Å². The Balaban J connectivity index is 2.12. The third-order valence-corrected chi connectivity index (χ3v) is 2.46. The van der Waals surface area contributed by atoms with E-state index in [9.17, 15) is 0 Å². The highest BCUT2D eigenvalue weighted by Crippen LogP contribution is 2.00. The summed E-state index contributed by atoms with van der Waals surface area (Å²) in [6.07, 6.45) is 2.19. The molecule has 17 heavy (non-hydrogen) atoms. The molecule has 1 unspecified atom stereocenters. The van der Waals surface area contributed by atoms with Crippen molar-refractivity contribution in [3.05, 3.63) is 47.5 Å². The zero-order valence-electron chi connectivity index (χ0n) is 11.1. The molecule has 0 aromatic heterocycles. The molecule has 0 saturated heterocycles. The van der Waals surface area contributed by atoms with E-state index in [0.29, 0.717) is 12.6 Å². The minimum Gasteiger partial charge on any atom is -0.375 e. The van der Waals surface area contributed by atoms with Gasteiger partial charge in [0.1, 0.15) is 0 Å². The molecule has 0 fully saturated rings. The Hall–Kier alpha value is -1.12. The molecule has 0 radical (unpaired) electrons. The van der Waals surface area contributed by atoms with E-state index in [0.717, 1.165) is 13.2 Å². The van der Waals surface area contributed by atoms with Crippen molar-refractivity contribution in [1.29, 1.82) is 0 Å².